The minimum atomic E-state index is 0.0394. The molecule has 0 bridgehead atoms. The van der Waals surface area contributed by atoms with Crippen LogP contribution in [0.15, 0.2) is 0 Å². The van der Waals surface area contributed by atoms with Gasteiger partial charge in [0.2, 0.25) is 0 Å². The number of fused-ring (bicyclic) bond motifs is 1. The number of carbonyl (C=O) groups is 1. The maximum Gasteiger partial charge on any atom is 0.309 e. The molecule has 1 aliphatic heterocycles. The van der Waals surface area contributed by atoms with Crippen molar-refractivity contribution >= 4 is 5.97 Å². The third kappa shape index (κ3) is 1.05. The number of ether oxygens (including phenoxy) is 2. The van der Waals surface area contributed by atoms with E-state index in [1.807, 2.05) is 6.92 Å². The smallest absolute Gasteiger partial charge is 0.309 e. The van der Waals surface area contributed by atoms with Gasteiger partial charge in [-0.3, -0.25) is 4.79 Å². The number of hydrogen-bond acceptors (Lipinski definition) is 3. The van der Waals surface area contributed by atoms with E-state index in [-0.39, 0.29) is 11.9 Å². The average Bonchev–Trinajstić information content (AvgIpc) is 2.60. The third-order valence-corrected chi connectivity index (χ3v) is 4.04. The van der Waals surface area contributed by atoms with Crippen molar-refractivity contribution in [1.82, 2.24) is 0 Å². The van der Waals surface area contributed by atoms with Gasteiger partial charge in [0.15, 0.2) is 0 Å². The molecule has 2 saturated carbocycles. The fourth-order valence-corrected chi connectivity index (χ4v) is 3.30. The molecule has 0 amide bonds. The molecule has 1 heterocycles. The van der Waals surface area contributed by atoms with Crippen LogP contribution in [0.5, 0.6) is 0 Å². The molecule has 2 aliphatic carbocycles. The summed E-state index contributed by atoms with van der Waals surface area (Å²) in [5.41, 5.74) is 0.471. The highest BCUT2D eigenvalue weighted by atomic mass is 16.5. The Labute approximate surface area is 83.8 Å². The summed E-state index contributed by atoms with van der Waals surface area (Å²) in [4.78, 5) is 11.5. The van der Waals surface area contributed by atoms with Crippen LogP contribution < -0.4 is 0 Å². The molecule has 0 radical (unpaired) electrons. The second-order valence-corrected chi connectivity index (χ2v) is 5.01. The van der Waals surface area contributed by atoms with E-state index in [4.69, 9.17) is 9.47 Å². The van der Waals surface area contributed by atoms with E-state index >= 15 is 0 Å². The third-order valence-electron chi connectivity index (χ3n) is 4.04. The summed E-state index contributed by atoms with van der Waals surface area (Å²) in [6.07, 6.45) is 2.39. The van der Waals surface area contributed by atoms with Crippen LogP contribution in [0.3, 0.4) is 0 Å². The summed E-state index contributed by atoms with van der Waals surface area (Å²) in [6, 6.07) is 0. The normalized spacial score (nSPS) is 41.6. The van der Waals surface area contributed by atoms with Crippen LogP contribution in [-0.2, 0) is 14.3 Å². The lowest BCUT2D eigenvalue weighted by atomic mass is 9.80. The average molecular weight is 196 g/mol. The maximum atomic E-state index is 11.5. The van der Waals surface area contributed by atoms with Gasteiger partial charge in [0.1, 0.15) is 0 Å². The first-order valence-electron chi connectivity index (χ1n) is 5.50. The van der Waals surface area contributed by atoms with Crippen molar-refractivity contribution in [1.29, 1.82) is 0 Å². The van der Waals surface area contributed by atoms with Crippen molar-refractivity contribution in [3.63, 3.8) is 0 Å². The van der Waals surface area contributed by atoms with Gasteiger partial charge in [-0.15, -0.1) is 0 Å². The van der Waals surface area contributed by atoms with Gasteiger partial charge >= 0.3 is 5.97 Å². The summed E-state index contributed by atoms with van der Waals surface area (Å²) in [5.74, 6) is 1.52. The summed E-state index contributed by atoms with van der Waals surface area (Å²) in [6.45, 7) is 4.24. The van der Waals surface area contributed by atoms with E-state index in [1.54, 1.807) is 0 Å². The number of rotatable bonds is 2. The van der Waals surface area contributed by atoms with E-state index < -0.39 is 0 Å². The predicted octanol–water partition coefficient (Wildman–Crippen LogP) is 1.22. The lowest BCUT2D eigenvalue weighted by molar-refractivity contribution is -0.148. The molecule has 0 N–H and O–H groups in total. The number of carbonyl (C=O) groups excluding carboxylic acids is 1. The molecule has 3 nitrogen and oxygen atoms in total. The Bertz CT molecular complexity index is 256. The summed E-state index contributed by atoms with van der Waals surface area (Å²) in [5, 5.41) is 0. The van der Waals surface area contributed by atoms with Crippen LogP contribution in [0.25, 0.3) is 0 Å². The fraction of sp³-hybridized carbons (Fsp3) is 0.909. The molecule has 0 aromatic rings. The van der Waals surface area contributed by atoms with Crippen molar-refractivity contribution in [3.8, 4) is 0 Å². The first-order chi connectivity index (χ1) is 6.76. The molecule has 3 heteroatoms. The first kappa shape index (κ1) is 8.72. The lowest BCUT2D eigenvalue weighted by Crippen LogP contribution is -2.41. The summed E-state index contributed by atoms with van der Waals surface area (Å²) >= 11 is 0. The van der Waals surface area contributed by atoms with Gasteiger partial charge in [0.05, 0.1) is 25.7 Å². The van der Waals surface area contributed by atoms with Crippen LogP contribution in [-0.4, -0.2) is 25.8 Å². The largest absolute Gasteiger partial charge is 0.466 e. The Balaban J connectivity index is 1.58. The van der Waals surface area contributed by atoms with E-state index in [9.17, 15) is 4.79 Å². The monoisotopic (exact) mass is 196 g/mol. The minimum Gasteiger partial charge on any atom is -0.466 e. The Morgan fingerprint density at radius 3 is 2.50 bits per heavy atom. The zero-order valence-corrected chi connectivity index (χ0v) is 8.49. The van der Waals surface area contributed by atoms with Gasteiger partial charge in [-0.1, -0.05) is 0 Å². The molecule has 0 aromatic heterocycles. The zero-order chi connectivity index (χ0) is 9.76. The molecule has 1 spiro atoms. The zero-order valence-electron chi connectivity index (χ0n) is 8.49. The van der Waals surface area contributed by atoms with Crippen molar-refractivity contribution in [3.05, 3.63) is 0 Å². The highest BCUT2D eigenvalue weighted by molar-refractivity contribution is 5.77. The molecule has 0 aromatic carbocycles. The number of hydrogen-bond donors (Lipinski definition) is 0. The van der Waals surface area contributed by atoms with E-state index in [0.29, 0.717) is 23.9 Å². The maximum absolute atomic E-state index is 11.5. The van der Waals surface area contributed by atoms with Crippen molar-refractivity contribution in [2.45, 2.75) is 19.8 Å². The lowest BCUT2D eigenvalue weighted by Gasteiger charge is -2.39. The fourth-order valence-electron chi connectivity index (χ4n) is 3.30. The molecule has 3 fully saturated rings. The standard InChI is InChI=1S/C11H16O3/c1-2-14-10(12)9-7-3-11(4-8(7)9)5-13-6-11/h7-9H,2-6H2,1H3/t7-,8+,9?. The molecule has 3 rings (SSSR count). The summed E-state index contributed by atoms with van der Waals surface area (Å²) < 4.78 is 10.3. The molecular formula is C11H16O3. The molecular weight excluding hydrogens is 180 g/mol. The quantitative estimate of drug-likeness (QED) is 0.623. The second kappa shape index (κ2) is 2.72. The van der Waals surface area contributed by atoms with E-state index in [2.05, 4.69) is 0 Å². The molecule has 1 unspecified atom stereocenters. The first-order valence-corrected chi connectivity index (χ1v) is 5.50. The van der Waals surface area contributed by atoms with E-state index in [0.717, 1.165) is 13.2 Å². The van der Waals surface area contributed by atoms with Crippen LogP contribution in [0.1, 0.15) is 19.8 Å². The van der Waals surface area contributed by atoms with Crippen LogP contribution in [0.2, 0.25) is 0 Å². The molecule has 3 aliphatic rings. The Morgan fingerprint density at radius 1 is 1.43 bits per heavy atom. The topological polar surface area (TPSA) is 35.5 Å². The Kier molecular flexibility index (Phi) is 1.69. The molecule has 14 heavy (non-hydrogen) atoms. The van der Waals surface area contributed by atoms with Crippen LogP contribution in [0.4, 0.5) is 0 Å². The molecule has 1 saturated heterocycles. The highest BCUT2D eigenvalue weighted by Crippen LogP contribution is 2.66. The number of esters is 1. The van der Waals surface area contributed by atoms with Gasteiger partial charge in [0.25, 0.3) is 0 Å². The van der Waals surface area contributed by atoms with Crippen LogP contribution >= 0.6 is 0 Å². The van der Waals surface area contributed by atoms with Crippen molar-refractivity contribution in [2.24, 2.45) is 23.2 Å². The van der Waals surface area contributed by atoms with Gasteiger partial charge in [-0.05, 0) is 31.6 Å². The SMILES string of the molecule is CCOC(=O)C1[C@H]2CC3(COC3)C[C@@H]12. The van der Waals surface area contributed by atoms with Crippen LogP contribution in [0, 0.1) is 23.2 Å². The van der Waals surface area contributed by atoms with Gasteiger partial charge in [0, 0.05) is 5.41 Å². The Morgan fingerprint density at radius 2 is 2.07 bits per heavy atom. The van der Waals surface area contributed by atoms with Gasteiger partial charge < -0.3 is 9.47 Å². The second-order valence-electron chi connectivity index (χ2n) is 5.01. The van der Waals surface area contributed by atoms with Crippen molar-refractivity contribution < 1.29 is 14.3 Å². The van der Waals surface area contributed by atoms with Gasteiger partial charge in [-0.25, -0.2) is 0 Å². The van der Waals surface area contributed by atoms with E-state index in [1.165, 1.54) is 12.8 Å². The Hall–Kier alpha value is -0.570. The molecule has 78 valence electrons. The highest BCUT2D eigenvalue weighted by Gasteiger charge is 2.66. The summed E-state index contributed by atoms with van der Waals surface area (Å²) in [7, 11) is 0. The minimum absolute atomic E-state index is 0.0394. The predicted molar refractivity (Wildman–Crippen MR) is 49.6 cm³/mol. The molecule has 3 atom stereocenters. The van der Waals surface area contributed by atoms with Crippen molar-refractivity contribution in [2.75, 3.05) is 19.8 Å². The van der Waals surface area contributed by atoms with Gasteiger partial charge in [-0.2, -0.15) is 0 Å².